The standard InChI is InChI=1S/C22H25N5O2/c1-13-19-17(9-22(3,4)10-18(19)28)26-20(13)21(29)25-14(2)15-5-7-16(8-6-15)27-12-23-11-24-27/h5-8,11-12,14,26H,9-10H2,1-4H3,(H,25,29)/t14-/m1/s1. The summed E-state index contributed by atoms with van der Waals surface area (Å²) < 4.78 is 1.68. The van der Waals surface area contributed by atoms with Gasteiger partial charge in [-0.2, -0.15) is 5.10 Å². The lowest BCUT2D eigenvalue weighted by atomic mass is 9.75. The molecule has 0 saturated carbocycles. The second-order valence-electron chi connectivity index (χ2n) is 8.55. The number of rotatable bonds is 4. The van der Waals surface area contributed by atoms with Crippen LogP contribution in [-0.4, -0.2) is 31.4 Å². The molecule has 1 aromatic carbocycles. The van der Waals surface area contributed by atoms with Crippen LogP contribution in [-0.2, 0) is 6.42 Å². The molecule has 1 aliphatic rings. The van der Waals surface area contributed by atoms with Gasteiger partial charge in [0.15, 0.2) is 5.78 Å². The fraction of sp³-hybridized carbons (Fsp3) is 0.364. The average molecular weight is 391 g/mol. The Hall–Kier alpha value is -3.22. The van der Waals surface area contributed by atoms with E-state index in [-0.39, 0.29) is 23.1 Å². The van der Waals surface area contributed by atoms with Crippen molar-refractivity contribution in [1.29, 1.82) is 0 Å². The van der Waals surface area contributed by atoms with Gasteiger partial charge in [0.05, 0.1) is 11.7 Å². The van der Waals surface area contributed by atoms with Gasteiger partial charge in [0.2, 0.25) is 0 Å². The number of nitrogens with zero attached hydrogens (tertiary/aromatic N) is 3. The van der Waals surface area contributed by atoms with Crippen LogP contribution < -0.4 is 5.32 Å². The van der Waals surface area contributed by atoms with Crippen molar-refractivity contribution in [1.82, 2.24) is 25.1 Å². The number of H-pyrrole nitrogens is 1. The molecule has 150 valence electrons. The molecule has 2 N–H and O–H groups in total. The first-order valence-electron chi connectivity index (χ1n) is 9.75. The molecule has 2 aromatic heterocycles. The fourth-order valence-corrected chi connectivity index (χ4v) is 4.07. The van der Waals surface area contributed by atoms with E-state index in [0.29, 0.717) is 17.7 Å². The Labute approximate surface area is 169 Å². The lowest BCUT2D eigenvalue weighted by Gasteiger charge is -2.28. The first kappa shape index (κ1) is 19.1. The SMILES string of the molecule is Cc1c(C(=O)N[C@H](C)c2ccc(-n3cncn3)cc2)[nH]c2c1C(=O)CC(C)(C)C2. The number of carbonyl (C=O) groups is 2. The number of ketones is 1. The van der Waals surface area contributed by atoms with Crippen molar-refractivity contribution < 1.29 is 9.59 Å². The summed E-state index contributed by atoms with van der Waals surface area (Å²) in [6.45, 7) is 7.94. The number of Topliss-reactive ketones (excluding diaryl/α,β-unsaturated/α-hetero) is 1. The lowest BCUT2D eigenvalue weighted by molar-refractivity contribution is 0.0909. The maximum absolute atomic E-state index is 12.9. The molecule has 0 saturated heterocycles. The van der Waals surface area contributed by atoms with Crippen molar-refractivity contribution in [2.45, 2.75) is 46.6 Å². The van der Waals surface area contributed by atoms with Gasteiger partial charge in [0, 0.05) is 17.7 Å². The van der Waals surface area contributed by atoms with Crippen LogP contribution in [0.4, 0.5) is 0 Å². The minimum Gasteiger partial charge on any atom is -0.354 e. The molecule has 0 radical (unpaired) electrons. The van der Waals surface area contributed by atoms with Crippen LogP contribution in [0.15, 0.2) is 36.9 Å². The summed E-state index contributed by atoms with van der Waals surface area (Å²) in [4.78, 5) is 32.6. The van der Waals surface area contributed by atoms with Crippen LogP contribution >= 0.6 is 0 Å². The maximum Gasteiger partial charge on any atom is 0.268 e. The Balaban J connectivity index is 1.52. The van der Waals surface area contributed by atoms with Gasteiger partial charge in [-0.05, 0) is 48.9 Å². The van der Waals surface area contributed by atoms with E-state index in [4.69, 9.17) is 0 Å². The molecule has 1 aliphatic carbocycles. The highest BCUT2D eigenvalue weighted by atomic mass is 16.2. The monoisotopic (exact) mass is 391 g/mol. The fourth-order valence-electron chi connectivity index (χ4n) is 4.07. The normalized spacial score (nSPS) is 16.3. The summed E-state index contributed by atoms with van der Waals surface area (Å²) in [6, 6.07) is 7.61. The van der Waals surface area contributed by atoms with Crippen molar-refractivity contribution in [2.24, 2.45) is 5.41 Å². The number of aromatic nitrogens is 4. The van der Waals surface area contributed by atoms with E-state index in [1.165, 1.54) is 6.33 Å². The summed E-state index contributed by atoms with van der Waals surface area (Å²) in [5.74, 6) is -0.0869. The van der Waals surface area contributed by atoms with Crippen LogP contribution in [0.3, 0.4) is 0 Å². The van der Waals surface area contributed by atoms with Gasteiger partial charge >= 0.3 is 0 Å². The third-order valence-corrected chi connectivity index (χ3v) is 5.55. The predicted molar refractivity (Wildman–Crippen MR) is 109 cm³/mol. The quantitative estimate of drug-likeness (QED) is 0.711. The van der Waals surface area contributed by atoms with Crippen molar-refractivity contribution in [3.05, 3.63) is 65.0 Å². The second-order valence-corrected chi connectivity index (χ2v) is 8.55. The molecule has 1 amide bonds. The summed E-state index contributed by atoms with van der Waals surface area (Å²) >= 11 is 0. The Bertz CT molecular complexity index is 1060. The van der Waals surface area contributed by atoms with Crippen molar-refractivity contribution in [3.8, 4) is 5.69 Å². The highest BCUT2D eigenvalue weighted by Gasteiger charge is 2.35. The number of benzene rings is 1. The van der Waals surface area contributed by atoms with Crippen molar-refractivity contribution in [2.75, 3.05) is 0 Å². The van der Waals surface area contributed by atoms with Crippen LogP contribution in [0.1, 0.15) is 70.9 Å². The van der Waals surface area contributed by atoms with Gasteiger partial charge < -0.3 is 10.3 Å². The number of fused-ring (bicyclic) bond motifs is 1. The summed E-state index contributed by atoms with van der Waals surface area (Å²) in [7, 11) is 0. The van der Waals surface area contributed by atoms with Crippen molar-refractivity contribution in [3.63, 3.8) is 0 Å². The minimum absolute atomic E-state index is 0.0890. The number of nitrogens with one attached hydrogen (secondary N) is 2. The van der Waals surface area contributed by atoms with E-state index in [1.807, 2.05) is 38.1 Å². The Morgan fingerprint density at radius 3 is 2.62 bits per heavy atom. The second kappa shape index (κ2) is 6.99. The van der Waals surface area contributed by atoms with Gasteiger partial charge in [-0.3, -0.25) is 9.59 Å². The number of amides is 1. The zero-order chi connectivity index (χ0) is 20.8. The zero-order valence-corrected chi connectivity index (χ0v) is 17.1. The lowest BCUT2D eigenvalue weighted by Crippen LogP contribution is -2.27. The van der Waals surface area contributed by atoms with Gasteiger partial charge in [0.1, 0.15) is 18.3 Å². The van der Waals surface area contributed by atoms with E-state index < -0.39 is 0 Å². The number of hydrogen-bond acceptors (Lipinski definition) is 4. The van der Waals surface area contributed by atoms with Crippen LogP contribution in [0.25, 0.3) is 5.69 Å². The molecule has 7 nitrogen and oxygen atoms in total. The van der Waals surface area contributed by atoms with Gasteiger partial charge in [-0.25, -0.2) is 9.67 Å². The number of aromatic amines is 1. The highest BCUT2D eigenvalue weighted by molar-refractivity contribution is 6.04. The first-order chi connectivity index (χ1) is 13.7. The topological polar surface area (TPSA) is 92.7 Å². The molecule has 0 aliphatic heterocycles. The molecule has 4 rings (SSSR count). The van der Waals surface area contributed by atoms with Gasteiger partial charge in [-0.1, -0.05) is 26.0 Å². The Kier molecular flexibility index (Phi) is 4.61. The molecule has 0 spiro atoms. The minimum atomic E-state index is -0.199. The maximum atomic E-state index is 12.9. The molecular weight excluding hydrogens is 366 g/mol. The summed E-state index contributed by atoms with van der Waals surface area (Å²) in [5, 5.41) is 7.15. The number of carbonyl (C=O) groups excluding carboxylic acids is 2. The van der Waals surface area contributed by atoms with E-state index in [0.717, 1.165) is 28.9 Å². The van der Waals surface area contributed by atoms with E-state index >= 15 is 0 Å². The number of hydrogen-bond donors (Lipinski definition) is 2. The average Bonchev–Trinajstić information content (AvgIpc) is 3.29. The molecule has 1 atom stereocenters. The smallest absolute Gasteiger partial charge is 0.268 e. The van der Waals surface area contributed by atoms with Crippen molar-refractivity contribution >= 4 is 11.7 Å². The third kappa shape index (κ3) is 3.60. The molecule has 3 aromatic rings. The predicted octanol–water partition coefficient (Wildman–Crippen LogP) is 3.55. The molecular formula is C22H25N5O2. The molecule has 0 fully saturated rings. The van der Waals surface area contributed by atoms with E-state index in [1.54, 1.807) is 11.0 Å². The van der Waals surface area contributed by atoms with E-state index in [2.05, 4.69) is 34.2 Å². The Morgan fingerprint density at radius 2 is 1.97 bits per heavy atom. The van der Waals surface area contributed by atoms with Crippen LogP contribution in [0.2, 0.25) is 0 Å². The van der Waals surface area contributed by atoms with Crippen LogP contribution in [0, 0.1) is 12.3 Å². The van der Waals surface area contributed by atoms with Gasteiger partial charge in [-0.15, -0.1) is 0 Å². The first-order valence-corrected chi connectivity index (χ1v) is 9.75. The largest absolute Gasteiger partial charge is 0.354 e. The van der Waals surface area contributed by atoms with Gasteiger partial charge in [0.25, 0.3) is 5.91 Å². The summed E-state index contributed by atoms with van der Waals surface area (Å²) in [5.41, 5.74) is 4.58. The summed E-state index contributed by atoms with van der Waals surface area (Å²) in [6.07, 6.45) is 4.40. The third-order valence-electron chi connectivity index (χ3n) is 5.55. The van der Waals surface area contributed by atoms with Crippen LogP contribution in [0.5, 0.6) is 0 Å². The Morgan fingerprint density at radius 1 is 1.24 bits per heavy atom. The highest BCUT2D eigenvalue weighted by Crippen LogP contribution is 2.36. The van der Waals surface area contributed by atoms with E-state index in [9.17, 15) is 9.59 Å². The molecule has 7 heteroatoms. The zero-order valence-electron chi connectivity index (χ0n) is 17.1. The molecule has 0 bridgehead atoms. The molecule has 29 heavy (non-hydrogen) atoms. The molecule has 2 heterocycles. The molecule has 0 unspecified atom stereocenters.